The Bertz CT molecular complexity index is 293. The summed E-state index contributed by atoms with van der Waals surface area (Å²) >= 11 is 0. The van der Waals surface area contributed by atoms with Crippen LogP contribution in [0.15, 0.2) is 0 Å². The van der Waals surface area contributed by atoms with Crippen LogP contribution >= 0.6 is 0 Å². The van der Waals surface area contributed by atoms with Crippen LogP contribution in [0.3, 0.4) is 0 Å². The highest BCUT2D eigenvalue weighted by Crippen LogP contribution is 2.42. The van der Waals surface area contributed by atoms with E-state index in [1.54, 1.807) is 0 Å². The van der Waals surface area contributed by atoms with E-state index in [1.165, 1.54) is 32.1 Å². The summed E-state index contributed by atoms with van der Waals surface area (Å²) in [5.74, 6) is 1.15. The molecule has 1 saturated carbocycles. The third kappa shape index (κ3) is 3.84. The molecule has 1 aliphatic heterocycles. The Hall–Kier alpha value is -0.370. The molecule has 0 amide bonds. The molecule has 0 aromatic rings. The predicted octanol–water partition coefficient (Wildman–Crippen LogP) is 4.90. The smallest absolute Gasteiger partial charge is 0.139 e. The van der Waals surface area contributed by atoms with Crippen LogP contribution in [-0.4, -0.2) is 18.0 Å². The van der Waals surface area contributed by atoms with Gasteiger partial charge in [0.2, 0.25) is 0 Å². The second-order valence-corrected chi connectivity index (χ2v) is 6.96. The molecule has 1 atom stereocenters. The molecule has 1 saturated heterocycles. The number of ether oxygens (including phenoxy) is 1. The van der Waals surface area contributed by atoms with Crippen LogP contribution in [0.4, 0.5) is 0 Å². The van der Waals surface area contributed by atoms with E-state index >= 15 is 0 Å². The summed E-state index contributed by atoms with van der Waals surface area (Å²) in [4.78, 5) is 12.8. The monoisotopic (exact) mass is 280 g/mol. The van der Waals surface area contributed by atoms with E-state index in [-0.39, 0.29) is 11.5 Å². The van der Waals surface area contributed by atoms with Gasteiger partial charge >= 0.3 is 0 Å². The number of hydrogen-bond donors (Lipinski definition) is 0. The van der Waals surface area contributed by atoms with Crippen molar-refractivity contribution in [2.45, 2.75) is 90.1 Å². The van der Waals surface area contributed by atoms with E-state index in [1.807, 2.05) is 0 Å². The van der Waals surface area contributed by atoms with E-state index in [0.29, 0.717) is 11.7 Å². The number of carbonyl (C=O) groups is 1. The highest BCUT2D eigenvalue weighted by atomic mass is 16.5. The Labute approximate surface area is 124 Å². The summed E-state index contributed by atoms with van der Waals surface area (Å²) in [5.41, 5.74) is 0.0693. The topological polar surface area (TPSA) is 26.3 Å². The van der Waals surface area contributed by atoms with Crippen molar-refractivity contribution >= 4 is 5.78 Å². The van der Waals surface area contributed by atoms with Crippen molar-refractivity contribution in [3.05, 3.63) is 0 Å². The zero-order valence-electron chi connectivity index (χ0n) is 13.5. The van der Waals surface area contributed by atoms with Crippen molar-refractivity contribution in [1.82, 2.24) is 0 Å². The molecule has 0 radical (unpaired) electrons. The molecule has 0 aromatic heterocycles. The van der Waals surface area contributed by atoms with Crippen LogP contribution in [0.2, 0.25) is 0 Å². The Morgan fingerprint density at radius 1 is 1.15 bits per heavy atom. The van der Waals surface area contributed by atoms with E-state index in [2.05, 4.69) is 13.8 Å². The van der Waals surface area contributed by atoms with Gasteiger partial charge in [0.05, 0.1) is 5.60 Å². The maximum atomic E-state index is 12.8. The Balaban J connectivity index is 1.97. The van der Waals surface area contributed by atoms with Gasteiger partial charge in [-0.1, -0.05) is 46.0 Å². The first-order valence-corrected chi connectivity index (χ1v) is 8.88. The lowest BCUT2D eigenvalue weighted by Gasteiger charge is -2.43. The van der Waals surface area contributed by atoms with Crippen molar-refractivity contribution in [2.75, 3.05) is 6.61 Å². The van der Waals surface area contributed by atoms with Gasteiger partial charge in [0, 0.05) is 18.4 Å². The Morgan fingerprint density at radius 2 is 1.80 bits per heavy atom. The van der Waals surface area contributed by atoms with Crippen LogP contribution in [0.1, 0.15) is 84.5 Å². The summed E-state index contributed by atoms with van der Waals surface area (Å²) < 4.78 is 6.13. The SMILES string of the molecule is CCCC(CCC)C(=O)C1CCOC2(CCCCC2)C1. The minimum Gasteiger partial charge on any atom is -0.375 e. The summed E-state index contributed by atoms with van der Waals surface area (Å²) in [6.45, 7) is 5.20. The number of carbonyl (C=O) groups excluding carboxylic acids is 1. The van der Waals surface area contributed by atoms with Gasteiger partial charge in [0.1, 0.15) is 5.78 Å². The summed E-state index contributed by atoms with van der Waals surface area (Å²) in [6, 6.07) is 0. The third-order valence-electron chi connectivity index (χ3n) is 5.34. The first kappa shape index (κ1) is 16.0. The van der Waals surface area contributed by atoms with Crippen molar-refractivity contribution < 1.29 is 9.53 Å². The van der Waals surface area contributed by atoms with Crippen LogP contribution in [-0.2, 0) is 9.53 Å². The number of Topliss-reactive ketones (excluding diaryl/α,β-unsaturated/α-hetero) is 1. The maximum Gasteiger partial charge on any atom is 0.139 e. The van der Waals surface area contributed by atoms with Crippen LogP contribution < -0.4 is 0 Å². The predicted molar refractivity (Wildman–Crippen MR) is 82.8 cm³/mol. The summed E-state index contributed by atoms with van der Waals surface area (Å²) in [7, 11) is 0. The fourth-order valence-corrected chi connectivity index (χ4v) is 4.27. The molecule has 1 unspecified atom stereocenters. The lowest BCUT2D eigenvalue weighted by Crippen LogP contribution is -2.44. The first-order chi connectivity index (χ1) is 9.71. The van der Waals surface area contributed by atoms with E-state index in [9.17, 15) is 4.79 Å². The summed E-state index contributed by atoms with van der Waals surface area (Å²) in [6.07, 6.45) is 12.7. The van der Waals surface area contributed by atoms with Gasteiger partial charge in [-0.05, 0) is 38.5 Å². The van der Waals surface area contributed by atoms with Gasteiger partial charge in [0.15, 0.2) is 0 Å². The van der Waals surface area contributed by atoms with E-state index < -0.39 is 0 Å². The van der Waals surface area contributed by atoms with Crippen LogP contribution in [0.5, 0.6) is 0 Å². The van der Waals surface area contributed by atoms with Gasteiger partial charge in [-0.25, -0.2) is 0 Å². The van der Waals surface area contributed by atoms with Gasteiger partial charge in [-0.15, -0.1) is 0 Å². The molecule has 2 fully saturated rings. The second-order valence-electron chi connectivity index (χ2n) is 6.96. The molecular formula is C18H32O2. The number of ketones is 1. The largest absolute Gasteiger partial charge is 0.375 e. The second kappa shape index (κ2) is 7.59. The molecule has 1 heterocycles. The molecular weight excluding hydrogens is 248 g/mol. The maximum absolute atomic E-state index is 12.8. The van der Waals surface area contributed by atoms with Crippen molar-refractivity contribution in [2.24, 2.45) is 11.8 Å². The van der Waals surface area contributed by atoms with Gasteiger partial charge < -0.3 is 4.74 Å². The zero-order valence-corrected chi connectivity index (χ0v) is 13.5. The van der Waals surface area contributed by atoms with Crippen LogP contribution in [0, 0.1) is 11.8 Å². The first-order valence-electron chi connectivity index (χ1n) is 8.88. The molecule has 0 N–H and O–H groups in total. The minimum absolute atomic E-state index is 0.0693. The molecule has 2 heteroatoms. The molecule has 2 aliphatic rings. The van der Waals surface area contributed by atoms with Crippen molar-refractivity contribution in [3.8, 4) is 0 Å². The molecule has 1 spiro atoms. The van der Waals surface area contributed by atoms with E-state index in [4.69, 9.17) is 4.74 Å². The van der Waals surface area contributed by atoms with Gasteiger partial charge in [-0.2, -0.15) is 0 Å². The third-order valence-corrected chi connectivity index (χ3v) is 5.34. The molecule has 0 aromatic carbocycles. The standard InChI is InChI=1S/C18H32O2/c1-3-8-15(9-4-2)17(19)16-10-13-20-18(14-16)11-6-5-7-12-18/h15-16H,3-14H2,1-2H3. The van der Waals surface area contributed by atoms with Crippen molar-refractivity contribution in [3.63, 3.8) is 0 Å². The molecule has 2 nitrogen and oxygen atoms in total. The lowest BCUT2D eigenvalue weighted by atomic mass is 9.72. The zero-order chi connectivity index (χ0) is 14.4. The average Bonchev–Trinajstić information content (AvgIpc) is 2.47. The van der Waals surface area contributed by atoms with Crippen molar-refractivity contribution in [1.29, 1.82) is 0 Å². The number of rotatable bonds is 6. The van der Waals surface area contributed by atoms with Crippen LogP contribution in [0.25, 0.3) is 0 Å². The van der Waals surface area contributed by atoms with E-state index in [0.717, 1.165) is 45.1 Å². The van der Waals surface area contributed by atoms with Gasteiger partial charge in [0.25, 0.3) is 0 Å². The lowest BCUT2D eigenvalue weighted by molar-refractivity contribution is -0.146. The molecule has 2 rings (SSSR count). The minimum atomic E-state index is 0.0693. The fourth-order valence-electron chi connectivity index (χ4n) is 4.27. The van der Waals surface area contributed by atoms with Gasteiger partial charge in [-0.3, -0.25) is 4.79 Å². The summed E-state index contributed by atoms with van der Waals surface area (Å²) in [5, 5.41) is 0. The quantitative estimate of drug-likeness (QED) is 0.691. The Kier molecular flexibility index (Phi) is 6.07. The fraction of sp³-hybridized carbons (Fsp3) is 0.944. The molecule has 1 aliphatic carbocycles. The highest BCUT2D eigenvalue weighted by molar-refractivity contribution is 5.83. The average molecular weight is 280 g/mol. The highest BCUT2D eigenvalue weighted by Gasteiger charge is 2.41. The normalized spacial score (nSPS) is 26.1. The molecule has 0 bridgehead atoms. The Morgan fingerprint density at radius 3 is 2.40 bits per heavy atom. The molecule has 116 valence electrons. The molecule has 20 heavy (non-hydrogen) atoms. The number of hydrogen-bond acceptors (Lipinski definition) is 2.